The van der Waals surface area contributed by atoms with Gasteiger partial charge in [-0.1, -0.05) is 27.2 Å². The van der Waals surface area contributed by atoms with Crippen LogP contribution in [-0.2, 0) is 9.84 Å². The van der Waals surface area contributed by atoms with Crippen molar-refractivity contribution >= 4 is 9.84 Å². The van der Waals surface area contributed by atoms with Crippen LogP contribution >= 0.6 is 0 Å². The summed E-state index contributed by atoms with van der Waals surface area (Å²) in [5, 5.41) is 3.41. The first kappa shape index (κ1) is 15.9. The zero-order valence-corrected chi connectivity index (χ0v) is 11.9. The van der Waals surface area contributed by atoms with Crippen LogP contribution in [0.2, 0.25) is 0 Å². The van der Waals surface area contributed by atoms with Crippen LogP contribution in [0.15, 0.2) is 0 Å². The third-order valence-corrected chi connectivity index (χ3v) is 5.02. The average Bonchev–Trinajstić information content (AvgIpc) is 2.24. The highest BCUT2D eigenvalue weighted by Crippen LogP contribution is 2.16. The highest BCUT2D eigenvalue weighted by atomic mass is 32.2. The minimum absolute atomic E-state index is 0.270. The van der Waals surface area contributed by atoms with Crippen molar-refractivity contribution in [3.05, 3.63) is 0 Å². The molecule has 0 bridgehead atoms. The lowest BCUT2D eigenvalue weighted by atomic mass is 9.93. The number of hydrogen-bond acceptors (Lipinski definition) is 3. The molecule has 0 aromatic heterocycles. The molecule has 0 fully saturated rings. The van der Waals surface area contributed by atoms with Gasteiger partial charge in [0.05, 0.1) is 5.75 Å². The summed E-state index contributed by atoms with van der Waals surface area (Å²) >= 11 is 0. The van der Waals surface area contributed by atoms with Crippen molar-refractivity contribution < 1.29 is 8.42 Å². The summed E-state index contributed by atoms with van der Waals surface area (Å²) in [6, 6.07) is 0.485. The lowest BCUT2D eigenvalue weighted by molar-refractivity contribution is 0.346. The summed E-state index contributed by atoms with van der Waals surface area (Å²) in [6.45, 7) is 9.16. The van der Waals surface area contributed by atoms with Crippen LogP contribution in [0, 0.1) is 5.92 Å². The fourth-order valence-electron chi connectivity index (χ4n) is 2.01. The Balaban J connectivity index is 3.97. The first-order chi connectivity index (χ1) is 7.46. The van der Waals surface area contributed by atoms with Crippen LogP contribution in [0.3, 0.4) is 0 Å². The van der Waals surface area contributed by atoms with Crippen molar-refractivity contribution in [2.75, 3.05) is 18.1 Å². The topological polar surface area (TPSA) is 46.2 Å². The number of nitrogens with one attached hydrogen (secondary N) is 1. The summed E-state index contributed by atoms with van der Waals surface area (Å²) in [5.74, 6) is 1.21. The minimum Gasteiger partial charge on any atom is -0.314 e. The Morgan fingerprint density at radius 2 is 1.81 bits per heavy atom. The third-order valence-electron chi connectivity index (χ3n) is 3.23. The molecule has 98 valence electrons. The van der Waals surface area contributed by atoms with Crippen LogP contribution in [-0.4, -0.2) is 32.5 Å². The lowest BCUT2D eigenvalue weighted by Crippen LogP contribution is -2.33. The molecule has 0 heterocycles. The van der Waals surface area contributed by atoms with E-state index in [2.05, 4.69) is 26.1 Å². The van der Waals surface area contributed by atoms with Crippen molar-refractivity contribution in [3.8, 4) is 0 Å². The van der Waals surface area contributed by atoms with Crippen molar-refractivity contribution in [2.45, 2.75) is 53.0 Å². The van der Waals surface area contributed by atoms with Crippen LogP contribution in [0.4, 0.5) is 0 Å². The average molecular weight is 249 g/mol. The van der Waals surface area contributed by atoms with Crippen molar-refractivity contribution in [1.29, 1.82) is 0 Å². The summed E-state index contributed by atoms with van der Waals surface area (Å²) < 4.78 is 22.7. The number of rotatable bonds is 9. The van der Waals surface area contributed by atoms with Gasteiger partial charge in [-0.05, 0) is 32.2 Å². The van der Waals surface area contributed by atoms with Gasteiger partial charge >= 0.3 is 0 Å². The molecule has 0 radical (unpaired) electrons. The van der Waals surface area contributed by atoms with E-state index in [-0.39, 0.29) is 5.75 Å². The van der Waals surface area contributed by atoms with Crippen molar-refractivity contribution in [2.24, 2.45) is 5.92 Å². The molecular formula is C12H27NO2S. The Morgan fingerprint density at radius 1 is 1.19 bits per heavy atom. The first-order valence-electron chi connectivity index (χ1n) is 6.40. The second-order valence-electron chi connectivity index (χ2n) is 4.39. The van der Waals surface area contributed by atoms with E-state index in [1.807, 2.05) is 0 Å². The van der Waals surface area contributed by atoms with Gasteiger partial charge in [-0.2, -0.15) is 0 Å². The smallest absolute Gasteiger partial charge is 0.150 e. The van der Waals surface area contributed by atoms with E-state index in [0.717, 1.165) is 25.8 Å². The first-order valence-corrected chi connectivity index (χ1v) is 8.22. The van der Waals surface area contributed by atoms with Gasteiger partial charge in [0.1, 0.15) is 9.84 Å². The Hall–Kier alpha value is -0.0900. The summed E-state index contributed by atoms with van der Waals surface area (Å²) in [5.41, 5.74) is 0. The van der Waals surface area contributed by atoms with Crippen LogP contribution < -0.4 is 5.32 Å². The molecule has 2 atom stereocenters. The zero-order chi connectivity index (χ0) is 12.6. The van der Waals surface area contributed by atoms with E-state index < -0.39 is 9.84 Å². The molecule has 0 aromatic carbocycles. The summed E-state index contributed by atoms with van der Waals surface area (Å²) in [6.07, 6.45) is 2.91. The fourth-order valence-corrected chi connectivity index (χ4v) is 2.90. The molecule has 0 saturated carbocycles. The zero-order valence-electron chi connectivity index (χ0n) is 11.1. The molecule has 0 rings (SSSR count). The highest BCUT2D eigenvalue weighted by Gasteiger charge is 2.15. The molecule has 4 heteroatoms. The molecule has 1 N–H and O–H groups in total. The number of sulfone groups is 1. The van der Waals surface area contributed by atoms with Crippen molar-refractivity contribution in [3.63, 3.8) is 0 Å². The van der Waals surface area contributed by atoms with Crippen LogP contribution in [0.25, 0.3) is 0 Å². The largest absolute Gasteiger partial charge is 0.314 e. The van der Waals surface area contributed by atoms with Gasteiger partial charge in [-0.25, -0.2) is 8.42 Å². The van der Waals surface area contributed by atoms with E-state index in [9.17, 15) is 8.42 Å². The monoisotopic (exact) mass is 249 g/mol. The molecule has 0 spiro atoms. The maximum Gasteiger partial charge on any atom is 0.150 e. The van der Waals surface area contributed by atoms with Crippen LogP contribution in [0.1, 0.15) is 47.0 Å². The Morgan fingerprint density at radius 3 is 2.25 bits per heavy atom. The Labute approximate surface area is 101 Å². The molecule has 0 aliphatic rings. The van der Waals surface area contributed by atoms with E-state index in [1.54, 1.807) is 6.92 Å². The maximum absolute atomic E-state index is 11.3. The van der Waals surface area contributed by atoms with Gasteiger partial charge in [0, 0.05) is 11.8 Å². The third kappa shape index (κ3) is 6.48. The normalized spacial score (nSPS) is 16.0. The van der Waals surface area contributed by atoms with E-state index in [1.165, 1.54) is 0 Å². The van der Waals surface area contributed by atoms with Crippen LogP contribution in [0.5, 0.6) is 0 Å². The van der Waals surface area contributed by atoms with E-state index >= 15 is 0 Å². The predicted octanol–water partition coefficient (Wildman–Crippen LogP) is 2.23. The molecule has 3 nitrogen and oxygen atoms in total. The van der Waals surface area contributed by atoms with E-state index in [4.69, 9.17) is 0 Å². The molecule has 0 amide bonds. The van der Waals surface area contributed by atoms with Gasteiger partial charge in [0.15, 0.2) is 0 Å². The molecule has 0 aromatic rings. The molecule has 16 heavy (non-hydrogen) atoms. The predicted molar refractivity (Wildman–Crippen MR) is 70.5 cm³/mol. The van der Waals surface area contributed by atoms with E-state index in [0.29, 0.717) is 17.7 Å². The standard InChI is InChI=1S/C12H27NO2S/c1-5-12(11(4)13-6-2)9-8-10-16(14,15)7-3/h11-13H,5-10H2,1-4H3. The lowest BCUT2D eigenvalue weighted by Gasteiger charge is -2.23. The minimum atomic E-state index is -2.78. The maximum atomic E-state index is 11.3. The van der Waals surface area contributed by atoms with Gasteiger partial charge in [0.2, 0.25) is 0 Å². The Kier molecular flexibility index (Phi) is 8.02. The quantitative estimate of drug-likeness (QED) is 0.681. The highest BCUT2D eigenvalue weighted by molar-refractivity contribution is 7.91. The van der Waals surface area contributed by atoms with Crippen molar-refractivity contribution in [1.82, 2.24) is 5.32 Å². The summed E-state index contributed by atoms with van der Waals surface area (Å²) in [4.78, 5) is 0. The second kappa shape index (κ2) is 8.07. The SMILES string of the molecule is CCNC(C)C(CC)CCCS(=O)(=O)CC. The number of hydrogen-bond donors (Lipinski definition) is 1. The second-order valence-corrected chi connectivity index (χ2v) is 6.87. The van der Waals surface area contributed by atoms with Gasteiger partial charge in [-0.15, -0.1) is 0 Å². The summed E-state index contributed by atoms with van der Waals surface area (Å²) in [7, 11) is -2.78. The molecule has 0 saturated heterocycles. The molecule has 0 aliphatic heterocycles. The Bertz CT molecular complexity index is 262. The van der Waals surface area contributed by atoms with Gasteiger partial charge < -0.3 is 5.32 Å². The van der Waals surface area contributed by atoms with Gasteiger partial charge in [0.25, 0.3) is 0 Å². The molecule has 0 aliphatic carbocycles. The van der Waals surface area contributed by atoms with Gasteiger partial charge in [-0.3, -0.25) is 0 Å². The fraction of sp³-hybridized carbons (Fsp3) is 1.00. The molecule has 2 unspecified atom stereocenters. The molecular weight excluding hydrogens is 222 g/mol.